The van der Waals surface area contributed by atoms with Gasteiger partial charge < -0.3 is 0 Å². The lowest BCUT2D eigenvalue weighted by molar-refractivity contribution is 0.790. The molecule has 1 heterocycles. The van der Waals surface area contributed by atoms with Gasteiger partial charge in [-0.1, -0.05) is 71.9 Å². The van der Waals surface area contributed by atoms with Gasteiger partial charge >= 0.3 is 0 Å². The zero-order valence-corrected chi connectivity index (χ0v) is 12.3. The number of aromatic nitrogens is 3. The Morgan fingerprint density at radius 2 is 1.50 bits per heavy atom. The monoisotopic (exact) mass is 285 g/mol. The second kappa shape index (κ2) is 5.11. The molecule has 4 aromatic rings. The Bertz CT molecular complexity index is 934. The van der Waals surface area contributed by atoms with Gasteiger partial charge in [-0.05, 0) is 18.4 Å². The first-order valence-corrected chi connectivity index (χ1v) is 7.30. The zero-order valence-electron chi connectivity index (χ0n) is 12.3. The van der Waals surface area contributed by atoms with Crippen molar-refractivity contribution in [2.45, 2.75) is 6.92 Å². The molecule has 22 heavy (non-hydrogen) atoms. The molecule has 106 valence electrons. The summed E-state index contributed by atoms with van der Waals surface area (Å²) in [5.41, 5.74) is 4.12. The Morgan fingerprint density at radius 3 is 2.36 bits per heavy atom. The van der Waals surface area contributed by atoms with Gasteiger partial charge in [0.05, 0.1) is 11.4 Å². The van der Waals surface area contributed by atoms with Crippen LogP contribution < -0.4 is 0 Å². The van der Waals surface area contributed by atoms with E-state index in [1.54, 1.807) is 0 Å². The van der Waals surface area contributed by atoms with Gasteiger partial charge in [-0.2, -0.15) is 0 Å². The van der Waals surface area contributed by atoms with E-state index in [4.69, 9.17) is 0 Å². The number of benzene rings is 3. The first-order valence-electron chi connectivity index (χ1n) is 7.30. The van der Waals surface area contributed by atoms with E-state index in [0.717, 1.165) is 22.6 Å². The van der Waals surface area contributed by atoms with Crippen LogP contribution in [0.1, 0.15) is 5.69 Å². The van der Waals surface area contributed by atoms with Crippen LogP contribution in [0.2, 0.25) is 0 Å². The van der Waals surface area contributed by atoms with Gasteiger partial charge in [-0.25, -0.2) is 4.68 Å². The van der Waals surface area contributed by atoms with Crippen molar-refractivity contribution in [1.82, 2.24) is 15.0 Å². The molecule has 0 atom stereocenters. The summed E-state index contributed by atoms with van der Waals surface area (Å²) in [6, 6.07) is 24.8. The van der Waals surface area contributed by atoms with Crippen LogP contribution in [0.25, 0.3) is 27.7 Å². The first kappa shape index (κ1) is 12.8. The van der Waals surface area contributed by atoms with Gasteiger partial charge in [0.1, 0.15) is 5.69 Å². The van der Waals surface area contributed by atoms with Crippen molar-refractivity contribution >= 4 is 10.8 Å². The molecule has 0 aliphatic heterocycles. The Labute approximate surface area is 128 Å². The van der Waals surface area contributed by atoms with Crippen LogP contribution in [0.5, 0.6) is 0 Å². The summed E-state index contributed by atoms with van der Waals surface area (Å²) in [5.74, 6) is 0. The molecule has 0 fully saturated rings. The van der Waals surface area contributed by atoms with Crippen LogP contribution in [-0.4, -0.2) is 15.0 Å². The van der Waals surface area contributed by atoms with E-state index in [-0.39, 0.29) is 0 Å². The van der Waals surface area contributed by atoms with Gasteiger partial charge in [-0.3, -0.25) is 0 Å². The highest BCUT2D eigenvalue weighted by atomic mass is 15.4. The first-order chi connectivity index (χ1) is 10.8. The van der Waals surface area contributed by atoms with Gasteiger partial charge in [0.25, 0.3) is 0 Å². The fourth-order valence-corrected chi connectivity index (χ4v) is 2.81. The van der Waals surface area contributed by atoms with Crippen molar-refractivity contribution in [2.75, 3.05) is 0 Å². The van der Waals surface area contributed by atoms with Gasteiger partial charge in [0, 0.05) is 10.9 Å². The molecule has 3 heteroatoms. The minimum atomic E-state index is 0.925. The minimum absolute atomic E-state index is 0.925. The zero-order chi connectivity index (χ0) is 14.9. The summed E-state index contributed by atoms with van der Waals surface area (Å²) >= 11 is 0. The molecule has 0 saturated carbocycles. The highest BCUT2D eigenvalue weighted by Gasteiger charge is 2.13. The number of fused-ring (bicyclic) bond motifs is 1. The van der Waals surface area contributed by atoms with Crippen LogP contribution in [0.15, 0.2) is 72.8 Å². The average molecular weight is 285 g/mol. The molecule has 0 aliphatic rings. The fraction of sp³-hybridized carbons (Fsp3) is 0.0526. The molecule has 1 aromatic heterocycles. The Morgan fingerprint density at radius 1 is 0.773 bits per heavy atom. The van der Waals surface area contributed by atoms with Crippen LogP contribution in [0.3, 0.4) is 0 Å². The molecule has 0 amide bonds. The highest BCUT2D eigenvalue weighted by molar-refractivity contribution is 5.90. The lowest BCUT2D eigenvalue weighted by Crippen LogP contribution is -2.00. The molecular formula is C19H15N3. The number of nitrogens with zero attached hydrogens (tertiary/aromatic N) is 3. The van der Waals surface area contributed by atoms with E-state index in [1.807, 2.05) is 22.9 Å². The number of hydrogen-bond acceptors (Lipinski definition) is 2. The van der Waals surface area contributed by atoms with Crippen molar-refractivity contribution < 1.29 is 0 Å². The average Bonchev–Trinajstić information content (AvgIpc) is 2.96. The molecule has 3 nitrogen and oxygen atoms in total. The molecular weight excluding hydrogens is 270 g/mol. The lowest BCUT2D eigenvalue weighted by atomic mass is 10.1. The fourth-order valence-electron chi connectivity index (χ4n) is 2.81. The van der Waals surface area contributed by atoms with E-state index in [9.17, 15) is 0 Å². The second-order valence-electron chi connectivity index (χ2n) is 5.30. The third-order valence-corrected chi connectivity index (χ3v) is 3.94. The van der Waals surface area contributed by atoms with Crippen LogP contribution in [0.4, 0.5) is 0 Å². The maximum Gasteiger partial charge on any atom is 0.116 e. The molecule has 4 rings (SSSR count). The second-order valence-corrected chi connectivity index (χ2v) is 5.30. The largest absolute Gasteiger partial charge is 0.217 e. The van der Waals surface area contributed by atoms with Gasteiger partial charge in [0.15, 0.2) is 0 Å². The van der Waals surface area contributed by atoms with Gasteiger partial charge in [0.2, 0.25) is 0 Å². The lowest BCUT2D eigenvalue weighted by Gasteiger charge is -2.08. The highest BCUT2D eigenvalue weighted by Crippen LogP contribution is 2.26. The quantitative estimate of drug-likeness (QED) is 0.546. The topological polar surface area (TPSA) is 30.7 Å². The molecule has 0 saturated heterocycles. The summed E-state index contributed by atoms with van der Waals surface area (Å²) in [4.78, 5) is 0. The standard InChI is InChI=1S/C19H15N3/c1-14-19(16-9-3-2-4-10-16)20-21-22(14)18-13-7-11-15-8-5-6-12-17(15)18/h2-13H,1H3. The normalized spacial score (nSPS) is 11.0. The smallest absolute Gasteiger partial charge is 0.116 e. The van der Waals surface area contributed by atoms with Crippen LogP contribution in [-0.2, 0) is 0 Å². The molecule has 3 aromatic carbocycles. The van der Waals surface area contributed by atoms with Crippen molar-refractivity contribution in [1.29, 1.82) is 0 Å². The predicted octanol–water partition coefficient (Wildman–Crippen LogP) is 4.40. The maximum absolute atomic E-state index is 4.38. The third kappa shape index (κ3) is 1.99. The molecule has 0 radical (unpaired) electrons. The molecule has 0 spiro atoms. The van der Waals surface area contributed by atoms with E-state index in [2.05, 4.69) is 71.8 Å². The SMILES string of the molecule is Cc1c(-c2ccccc2)nnn1-c1cccc2ccccc12. The van der Waals surface area contributed by atoms with Crippen molar-refractivity contribution in [3.8, 4) is 16.9 Å². The number of hydrogen-bond donors (Lipinski definition) is 0. The number of rotatable bonds is 2. The van der Waals surface area contributed by atoms with Crippen molar-refractivity contribution in [2.24, 2.45) is 0 Å². The maximum atomic E-state index is 4.38. The van der Waals surface area contributed by atoms with E-state index in [0.29, 0.717) is 0 Å². The Balaban J connectivity index is 1.92. The molecule has 0 unspecified atom stereocenters. The summed E-state index contributed by atoms with van der Waals surface area (Å²) in [7, 11) is 0. The third-order valence-electron chi connectivity index (χ3n) is 3.94. The van der Waals surface area contributed by atoms with Crippen molar-refractivity contribution in [3.63, 3.8) is 0 Å². The molecule has 0 bridgehead atoms. The Hall–Kier alpha value is -2.94. The molecule has 0 aliphatic carbocycles. The van der Waals surface area contributed by atoms with E-state index in [1.165, 1.54) is 10.8 Å². The minimum Gasteiger partial charge on any atom is -0.217 e. The summed E-state index contributed by atoms with van der Waals surface area (Å²) in [6.45, 7) is 2.06. The van der Waals surface area contributed by atoms with E-state index >= 15 is 0 Å². The molecule has 0 N–H and O–H groups in total. The summed E-state index contributed by atoms with van der Waals surface area (Å²) < 4.78 is 1.92. The van der Waals surface area contributed by atoms with Crippen molar-refractivity contribution in [3.05, 3.63) is 78.5 Å². The van der Waals surface area contributed by atoms with Crippen LogP contribution >= 0.6 is 0 Å². The summed E-state index contributed by atoms with van der Waals surface area (Å²) in [6.07, 6.45) is 0. The predicted molar refractivity (Wildman–Crippen MR) is 89.0 cm³/mol. The van der Waals surface area contributed by atoms with E-state index < -0.39 is 0 Å². The van der Waals surface area contributed by atoms with Crippen LogP contribution in [0, 0.1) is 6.92 Å². The Kier molecular flexibility index (Phi) is 2.97. The summed E-state index contributed by atoms with van der Waals surface area (Å²) in [5, 5.41) is 11.1. The van der Waals surface area contributed by atoms with Gasteiger partial charge in [-0.15, -0.1) is 5.10 Å².